The quantitative estimate of drug-likeness (QED) is 0.706. The summed E-state index contributed by atoms with van der Waals surface area (Å²) in [6.07, 6.45) is 0.668. The number of carboxylic acid groups (broad SMARTS) is 1. The Kier molecular flexibility index (Phi) is 2.42. The number of amides is 1. The van der Waals surface area contributed by atoms with Crippen LogP contribution in [0.1, 0.15) is 19.8 Å². The van der Waals surface area contributed by atoms with Crippen molar-refractivity contribution in [3.8, 4) is 0 Å². The molecule has 2 heterocycles. The summed E-state index contributed by atoms with van der Waals surface area (Å²) in [4.78, 5) is 23.3. The van der Waals surface area contributed by atoms with Gasteiger partial charge in [-0.1, -0.05) is 0 Å². The lowest BCUT2D eigenvalue weighted by Crippen LogP contribution is -2.58. The van der Waals surface area contributed by atoms with E-state index in [1.165, 1.54) is 0 Å². The van der Waals surface area contributed by atoms with Crippen LogP contribution in [0.5, 0.6) is 0 Å². The third-order valence-corrected chi connectivity index (χ3v) is 3.19. The second-order valence-electron chi connectivity index (χ2n) is 4.61. The number of rotatable bonds is 2. The second kappa shape index (κ2) is 3.48. The number of likely N-dealkylation sites (tertiary alicyclic amines) is 1. The van der Waals surface area contributed by atoms with Gasteiger partial charge in [-0.3, -0.25) is 9.59 Å². The average molecular weight is 213 g/mol. The van der Waals surface area contributed by atoms with Crippen LogP contribution in [-0.4, -0.2) is 47.7 Å². The van der Waals surface area contributed by atoms with Gasteiger partial charge < -0.3 is 14.7 Å². The van der Waals surface area contributed by atoms with Crippen molar-refractivity contribution in [3.63, 3.8) is 0 Å². The molecule has 0 saturated carbocycles. The minimum Gasteiger partial charge on any atom is -0.481 e. The van der Waals surface area contributed by atoms with Gasteiger partial charge in [0.25, 0.3) is 0 Å². The highest BCUT2D eigenvalue weighted by Gasteiger charge is 2.50. The van der Waals surface area contributed by atoms with Gasteiger partial charge in [-0.05, 0) is 6.42 Å². The van der Waals surface area contributed by atoms with Crippen LogP contribution in [0, 0.1) is 5.41 Å². The minimum absolute atomic E-state index is 0.0474. The summed E-state index contributed by atoms with van der Waals surface area (Å²) in [6, 6.07) is 0. The van der Waals surface area contributed by atoms with E-state index in [9.17, 15) is 9.59 Å². The molecule has 2 rings (SSSR count). The first-order chi connectivity index (χ1) is 7.01. The van der Waals surface area contributed by atoms with Crippen molar-refractivity contribution in [2.75, 3.05) is 19.7 Å². The lowest BCUT2D eigenvalue weighted by atomic mass is 9.77. The van der Waals surface area contributed by atoms with Crippen LogP contribution in [0.2, 0.25) is 0 Å². The molecular weight excluding hydrogens is 198 g/mol. The number of ether oxygens (including phenoxy) is 1. The van der Waals surface area contributed by atoms with Crippen LogP contribution in [0.15, 0.2) is 0 Å². The number of hydrogen-bond acceptors (Lipinski definition) is 3. The predicted octanol–water partition coefficient (Wildman–Crippen LogP) is 0.0985. The van der Waals surface area contributed by atoms with E-state index in [2.05, 4.69) is 0 Å². The van der Waals surface area contributed by atoms with Gasteiger partial charge >= 0.3 is 5.97 Å². The van der Waals surface area contributed by atoms with Gasteiger partial charge in [-0.25, -0.2) is 0 Å². The van der Waals surface area contributed by atoms with E-state index in [1.54, 1.807) is 11.8 Å². The number of carbonyl (C=O) groups is 2. The monoisotopic (exact) mass is 213 g/mol. The molecule has 0 radical (unpaired) electrons. The van der Waals surface area contributed by atoms with E-state index in [1.807, 2.05) is 0 Å². The lowest BCUT2D eigenvalue weighted by molar-refractivity contribution is -0.141. The van der Waals surface area contributed by atoms with Crippen molar-refractivity contribution in [1.29, 1.82) is 0 Å². The number of aliphatic carboxylic acids is 1. The van der Waals surface area contributed by atoms with Gasteiger partial charge in [-0.2, -0.15) is 0 Å². The molecule has 1 N–H and O–H groups in total. The van der Waals surface area contributed by atoms with E-state index in [0.717, 1.165) is 19.5 Å². The molecule has 0 aromatic rings. The molecule has 0 aliphatic carbocycles. The summed E-state index contributed by atoms with van der Waals surface area (Å²) in [5, 5.41) is 8.63. The maximum absolute atomic E-state index is 11.0. The van der Waals surface area contributed by atoms with Crippen LogP contribution >= 0.6 is 0 Å². The average Bonchev–Trinajstić information content (AvgIpc) is 2.44. The number of nitrogens with zero attached hydrogens (tertiary/aromatic N) is 1. The first kappa shape index (κ1) is 10.4. The zero-order valence-corrected chi connectivity index (χ0v) is 8.73. The molecule has 5 nitrogen and oxygen atoms in total. The van der Waals surface area contributed by atoms with Gasteiger partial charge in [0.05, 0.1) is 19.1 Å². The third kappa shape index (κ3) is 1.97. The molecule has 1 unspecified atom stereocenters. The van der Waals surface area contributed by atoms with E-state index in [0.29, 0.717) is 6.61 Å². The van der Waals surface area contributed by atoms with Crippen molar-refractivity contribution in [3.05, 3.63) is 0 Å². The van der Waals surface area contributed by atoms with Crippen LogP contribution in [0.25, 0.3) is 0 Å². The normalized spacial score (nSPS) is 27.8. The molecule has 1 spiro atoms. The van der Waals surface area contributed by atoms with E-state index in [4.69, 9.17) is 9.84 Å². The molecule has 84 valence electrons. The minimum atomic E-state index is -0.820. The van der Waals surface area contributed by atoms with Crippen molar-refractivity contribution < 1.29 is 19.4 Å². The predicted molar refractivity (Wildman–Crippen MR) is 51.3 cm³/mol. The molecule has 2 saturated heterocycles. The Hall–Kier alpha value is -1.10. The van der Waals surface area contributed by atoms with Gasteiger partial charge in [-0.15, -0.1) is 0 Å². The molecule has 5 heteroatoms. The first-order valence-electron chi connectivity index (χ1n) is 5.10. The van der Waals surface area contributed by atoms with Gasteiger partial charge in [0.15, 0.2) is 0 Å². The lowest BCUT2D eigenvalue weighted by Gasteiger charge is -2.46. The number of carbonyl (C=O) groups excluding carboxylic acids is 1. The van der Waals surface area contributed by atoms with Crippen molar-refractivity contribution in [1.82, 2.24) is 4.90 Å². The summed E-state index contributed by atoms with van der Waals surface area (Å²) in [6.45, 7) is 3.59. The van der Waals surface area contributed by atoms with E-state index in [-0.39, 0.29) is 23.8 Å². The molecule has 2 aliphatic heterocycles. The van der Waals surface area contributed by atoms with E-state index >= 15 is 0 Å². The second-order valence-corrected chi connectivity index (χ2v) is 4.61. The molecule has 1 amide bonds. The zero-order valence-electron chi connectivity index (χ0n) is 8.73. The highest BCUT2D eigenvalue weighted by atomic mass is 16.5. The summed E-state index contributed by atoms with van der Waals surface area (Å²) in [5.41, 5.74) is 0.0474. The molecule has 0 aromatic carbocycles. The fraction of sp³-hybridized carbons (Fsp3) is 0.800. The molecule has 1 atom stereocenters. The first-order valence-corrected chi connectivity index (χ1v) is 5.10. The van der Waals surface area contributed by atoms with Crippen LogP contribution in [-0.2, 0) is 14.3 Å². The van der Waals surface area contributed by atoms with E-state index < -0.39 is 5.97 Å². The van der Waals surface area contributed by atoms with Crippen molar-refractivity contribution >= 4 is 11.9 Å². The molecule has 15 heavy (non-hydrogen) atoms. The maximum Gasteiger partial charge on any atom is 0.305 e. The Morgan fingerprint density at radius 1 is 1.53 bits per heavy atom. The molecule has 0 aromatic heterocycles. The number of hydrogen-bond donors (Lipinski definition) is 1. The smallest absolute Gasteiger partial charge is 0.305 e. The Bertz CT molecular complexity index is 296. The largest absolute Gasteiger partial charge is 0.481 e. The van der Waals surface area contributed by atoms with Crippen LogP contribution in [0.3, 0.4) is 0 Å². The maximum atomic E-state index is 11.0. The molecular formula is C10H15NO4. The van der Waals surface area contributed by atoms with Crippen molar-refractivity contribution in [2.24, 2.45) is 5.41 Å². The van der Waals surface area contributed by atoms with Gasteiger partial charge in [0.1, 0.15) is 0 Å². The molecule has 2 fully saturated rings. The van der Waals surface area contributed by atoms with Gasteiger partial charge in [0.2, 0.25) is 5.91 Å². The highest BCUT2D eigenvalue weighted by Crippen LogP contribution is 2.41. The number of carboxylic acids is 1. The van der Waals surface area contributed by atoms with Crippen molar-refractivity contribution in [2.45, 2.75) is 25.9 Å². The SMILES string of the molecule is CC(=O)N1CC2(COC(CC(=O)O)C2)C1. The van der Waals surface area contributed by atoms with Gasteiger partial charge in [0, 0.05) is 25.4 Å². The highest BCUT2D eigenvalue weighted by molar-refractivity contribution is 5.74. The summed E-state index contributed by atoms with van der Waals surface area (Å²) in [7, 11) is 0. The zero-order chi connectivity index (χ0) is 11.1. The topological polar surface area (TPSA) is 66.8 Å². The summed E-state index contributed by atoms with van der Waals surface area (Å²) < 4.78 is 5.43. The Morgan fingerprint density at radius 3 is 2.73 bits per heavy atom. The molecule has 2 aliphatic rings. The Balaban J connectivity index is 1.84. The van der Waals surface area contributed by atoms with Crippen LogP contribution < -0.4 is 0 Å². The molecule has 0 bridgehead atoms. The summed E-state index contributed by atoms with van der Waals surface area (Å²) >= 11 is 0. The fourth-order valence-corrected chi connectivity index (χ4v) is 2.43. The Labute approximate surface area is 88.0 Å². The third-order valence-electron chi connectivity index (χ3n) is 3.19. The van der Waals surface area contributed by atoms with Crippen LogP contribution in [0.4, 0.5) is 0 Å². The fourth-order valence-electron chi connectivity index (χ4n) is 2.43. The summed E-state index contributed by atoms with van der Waals surface area (Å²) in [5.74, 6) is -0.734. The Morgan fingerprint density at radius 2 is 2.20 bits per heavy atom. The standard InChI is InChI=1S/C10H15NO4/c1-7(12)11-4-10(5-11)3-8(15-6-10)2-9(13)14/h8H,2-6H2,1H3,(H,13,14).